The Hall–Kier alpha value is -1.01. The van der Waals surface area contributed by atoms with Gasteiger partial charge in [-0.1, -0.05) is 25.6 Å². The Labute approximate surface area is 113 Å². The zero-order valence-corrected chi connectivity index (χ0v) is 12.0. The van der Waals surface area contributed by atoms with E-state index in [2.05, 4.69) is 27.5 Å². The van der Waals surface area contributed by atoms with Crippen LogP contribution in [0.1, 0.15) is 26.7 Å². The number of aliphatic hydroxyl groups is 1. The van der Waals surface area contributed by atoms with E-state index in [-0.39, 0.29) is 12.6 Å². The first-order valence-electron chi connectivity index (χ1n) is 6.27. The van der Waals surface area contributed by atoms with Crippen molar-refractivity contribution in [1.82, 2.24) is 9.97 Å². The normalized spacial score (nSPS) is 12.2. The van der Waals surface area contributed by atoms with Crippen molar-refractivity contribution in [2.75, 3.05) is 30.0 Å². The molecule has 3 N–H and O–H groups in total. The molecule has 0 saturated heterocycles. The maximum absolute atomic E-state index is 9.20. The summed E-state index contributed by atoms with van der Waals surface area (Å²) in [4.78, 5) is 8.77. The van der Waals surface area contributed by atoms with Crippen LogP contribution in [0.2, 0.25) is 0 Å². The molecule has 1 heterocycles. The summed E-state index contributed by atoms with van der Waals surface area (Å²) in [6.07, 6.45) is 3.86. The lowest BCUT2D eigenvalue weighted by Gasteiger charge is -2.16. The monoisotopic (exact) mass is 270 g/mol. The number of hydrogen-bond acceptors (Lipinski definition) is 6. The molecule has 0 aliphatic heterocycles. The first-order valence-corrected chi connectivity index (χ1v) is 7.50. The molecule has 1 aromatic heterocycles. The first kappa shape index (κ1) is 15.0. The van der Waals surface area contributed by atoms with Crippen LogP contribution >= 0.6 is 11.8 Å². The van der Waals surface area contributed by atoms with Crippen LogP contribution in [-0.2, 0) is 0 Å². The van der Waals surface area contributed by atoms with E-state index >= 15 is 0 Å². The predicted molar refractivity (Wildman–Crippen MR) is 77.4 cm³/mol. The van der Waals surface area contributed by atoms with E-state index in [4.69, 9.17) is 0 Å². The lowest BCUT2D eigenvalue weighted by Crippen LogP contribution is -2.23. The molecular weight excluding hydrogens is 248 g/mol. The van der Waals surface area contributed by atoms with Gasteiger partial charge in [0, 0.05) is 12.6 Å². The Bertz CT molecular complexity index is 358. The Morgan fingerprint density at radius 2 is 2.06 bits per heavy atom. The van der Waals surface area contributed by atoms with Crippen molar-refractivity contribution in [2.24, 2.45) is 0 Å². The summed E-state index contributed by atoms with van der Waals surface area (Å²) in [6, 6.07) is 1.92. The van der Waals surface area contributed by atoms with E-state index in [1.54, 1.807) is 0 Å². The van der Waals surface area contributed by atoms with Crippen LogP contribution in [0.25, 0.3) is 0 Å². The van der Waals surface area contributed by atoms with Crippen molar-refractivity contribution in [2.45, 2.75) is 37.9 Å². The molecule has 0 saturated carbocycles. The molecule has 0 aliphatic carbocycles. The van der Waals surface area contributed by atoms with Crippen LogP contribution in [0.5, 0.6) is 0 Å². The predicted octanol–water partition coefficient (Wildman–Crippen LogP) is 2.20. The van der Waals surface area contributed by atoms with Gasteiger partial charge in [0.1, 0.15) is 11.6 Å². The molecular formula is C12H22N4OS. The van der Waals surface area contributed by atoms with Gasteiger partial charge in [0.25, 0.3) is 0 Å². The molecule has 1 unspecified atom stereocenters. The molecule has 6 heteroatoms. The van der Waals surface area contributed by atoms with Gasteiger partial charge in [-0.2, -0.15) is 0 Å². The van der Waals surface area contributed by atoms with Gasteiger partial charge >= 0.3 is 0 Å². The quantitative estimate of drug-likeness (QED) is 0.497. The van der Waals surface area contributed by atoms with Gasteiger partial charge in [-0.25, -0.2) is 9.97 Å². The van der Waals surface area contributed by atoms with Gasteiger partial charge in [0.2, 0.25) is 0 Å². The second kappa shape index (κ2) is 8.16. The molecule has 0 fully saturated rings. The lowest BCUT2D eigenvalue weighted by molar-refractivity contribution is 0.271. The van der Waals surface area contributed by atoms with Crippen molar-refractivity contribution >= 4 is 23.4 Å². The smallest absolute Gasteiger partial charge is 0.191 e. The van der Waals surface area contributed by atoms with E-state index in [9.17, 15) is 5.11 Å². The summed E-state index contributed by atoms with van der Waals surface area (Å²) in [5, 5.41) is 16.4. The fourth-order valence-electron chi connectivity index (χ4n) is 1.42. The molecule has 0 aliphatic rings. The summed E-state index contributed by atoms with van der Waals surface area (Å²) in [5.74, 6) is 1.58. The minimum Gasteiger partial charge on any atom is -0.394 e. The van der Waals surface area contributed by atoms with Crippen molar-refractivity contribution in [1.29, 1.82) is 0 Å². The molecule has 102 valence electrons. The highest BCUT2D eigenvalue weighted by atomic mass is 32.2. The SMILES string of the molecule is CCCNc1cc(NC(CC)CO)nc(SC)n1. The minimum absolute atomic E-state index is 0.0358. The third kappa shape index (κ3) is 4.70. The third-order valence-electron chi connectivity index (χ3n) is 2.51. The summed E-state index contributed by atoms with van der Waals surface area (Å²) >= 11 is 1.51. The molecule has 0 bridgehead atoms. The Kier molecular flexibility index (Phi) is 6.82. The van der Waals surface area contributed by atoms with Crippen LogP contribution < -0.4 is 10.6 Å². The summed E-state index contributed by atoms with van der Waals surface area (Å²) in [7, 11) is 0. The summed E-state index contributed by atoms with van der Waals surface area (Å²) in [5.41, 5.74) is 0. The number of nitrogens with zero attached hydrogens (tertiary/aromatic N) is 2. The van der Waals surface area contributed by atoms with Gasteiger partial charge in [-0.05, 0) is 19.1 Å². The summed E-state index contributed by atoms with van der Waals surface area (Å²) in [6.45, 7) is 5.14. The topological polar surface area (TPSA) is 70.1 Å². The highest BCUT2D eigenvalue weighted by Crippen LogP contribution is 2.18. The number of aliphatic hydroxyl groups excluding tert-OH is 1. The molecule has 18 heavy (non-hydrogen) atoms. The zero-order valence-electron chi connectivity index (χ0n) is 11.2. The average molecular weight is 270 g/mol. The Morgan fingerprint density at radius 3 is 2.61 bits per heavy atom. The molecule has 0 spiro atoms. The lowest BCUT2D eigenvalue weighted by atomic mass is 10.2. The third-order valence-corrected chi connectivity index (χ3v) is 3.06. The first-order chi connectivity index (χ1) is 8.73. The number of hydrogen-bond donors (Lipinski definition) is 3. The second-order valence-corrected chi connectivity index (χ2v) is 4.76. The average Bonchev–Trinajstić information content (AvgIpc) is 2.42. The summed E-state index contributed by atoms with van der Waals surface area (Å²) < 4.78 is 0. The molecule has 1 atom stereocenters. The van der Waals surface area contributed by atoms with Gasteiger partial charge in [0.15, 0.2) is 5.16 Å². The minimum atomic E-state index is 0.0358. The number of rotatable bonds is 8. The molecule has 1 aromatic rings. The molecule has 0 radical (unpaired) electrons. The van der Waals surface area contributed by atoms with Crippen LogP contribution in [0.4, 0.5) is 11.6 Å². The van der Waals surface area contributed by atoms with Crippen molar-refractivity contribution in [3.05, 3.63) is 6.07 Å². The van der Waals surface area contributed by atoms with E-state index < -0.39 is 0 Å². The molecule has 5 nitrogen and oxygen atoms in total. The van der Waals surface area contributed by atoms with E-state index in [1.165, 1.54) is 11.8 Å². The van der Waals surface area contributed by atoms with E-state index in [0.717, 1.165) is 36.2 Å². The molecule has 0 amide bonds. The number of nitrogens with one attached hydrogen (secondary N) is 2. The fourth-order valence-corrected chi connectivity index (χ4v) is 1.80. The van der Waals surface area contributed by atoms with Crippen LogP contribution in [0.15, 0.2) is 11.2 Å². The highest BCUT2D eigenvalue weighted by molar-refractivity contribution is 7.98. The highest BCUT2D eigenvalue weighted by Gasteiger charge is 2.08. The van der Waals surface area contributed by atoms with Gasteiger partial charge in [-0.3, -0.25) is 0 Å². The van der Waals surface area contributed by atoms with Gasteiger partial charge < -0.3 is 15.7 Å². The number of anilines is 2. The van der Waals surface area contributed by atoms with Gasteiger partial charge in [0.05, 0.1) is 12.6 Å². The zero-order chi connectivity index (χ0) is 13.4. The Balaban J connectivity index is 2.82. The van der Waals surface area contributed by atoms with Crippen molar-refractivity contribution < 1.29 is 5.11 Å². The van der Waals surface area contributed by atoms with E-state index in [1.807, 2.05) is 19.2 Å². The van der Waals surface area contributed by atoms with Crippen LogP contribution in [-0.4, -0.2) is 40.5 Å². The largest absolute Gasteiger partial charge is 0.394 e. The van der Waals surface area contributed by atoms with Gasteiger partial charge in [-0.15, -0.1) is 0 Å². The fraction of sp³-hybridized carbons (Fsp3) is 0.667. The maximum atomic E-state index is 9.20. The maximum Gasteiger partial charge on any atom is 0.191 e. The second-order valence-electron chi connectivity index (χ2n) is 3.98. The Morgan fingerprint density at radius 1 is 1.33 bits per heavy atom. The standard InChI is InChI=1S/C12H22N4OS/c1-4-6-13-10-7-11(14-9(5-2)8-17)16-12(15-10)18-3/h7,9,17H,4-6,8H2,1-3H3,(H2,13,14,15,16). The molecule has 1 rings (SSSR count). The number of thioether (sulfide) groups is 1. The van der Waals surface area contributed by atoms with Crippen LogP contribution in [0, 0.1) is 0 Å². The molecule has 0 aromatic carbocycles. The van der Waals surface area contributed by atoms with E-state index in [0.29, 0.717) is 0 Å². The number of aromatic nitrogens is 2. The van der Waals surface area contributed by atoms with Crippen LogP contribution in [0.3, 0.4) is 0 Å². The van der Waals surface area contributed by atoms with Crippen molar-refractivity contribution in [3.8, 4) is 0 Å². The van der Waals surface area contributed by atoms with Crippen molar-refractivity contribution in [3.63, 3.8) is 0 Å².